The number of allylic oxidation sites excluding steroid dienone is 6. The van der Waals surface area contributed by atoms with Crippen LogP contribution in [0.25, 0.3) is 0 Å². The average molecular weight is 815 g/mol. The molecule has 328 valence electrons. The van der Waals surface area contributed by atoms with Crippen LogP contribution >= 0.6 is 7.82 Å². The van der Waals surface area contributed by atoms with E-state index in [0.717, 1.165) is 70.6 Å². The smallest absolute Gasteiger partial charge is 0.457 e. The topological polar surface area (TPSA) is 149 Å². The molecule has 0 saturated heterocycles. The van der Waals surface area contributed by atoms with Gasteiger partial charge in [0, 0.05) is 12.8 Å². The summed E-state index contributed by atoms with van der Waals surface area (Å²) in [6.45, 7) is 2.18. The summed E-state index contributed by atoms with van der Waals surface area (Å²) < 4.78 is 32.6. The monoisotopic (exact) mass is 815 g/mol. The van der Waals surface area contributed by atoms with Crippen LogP contribution in [0.2, 0.25) is 0 Å². The minimum absolute atomic E-state index is 0.182. The third kappa shape index (κ3) is 39.0. The maximum absolute atomic E-state index is 12.4. The van der Waals surface area contributed by atoms with Gasteiger partial charge in [0.2, 0.25) is 0 Å². The van der Waals surface area contributed by atoms with E-state index in [9.17, 15) is 29.3 Å². The Bertz CT molecular complexity index is 1030. The van der Waals surface area contributed by atoms with E-state index in [1.165, 1.54) is 89.9 Å². The summed E-state index contributed by atoms with van der Waals surface area (Å²) in [6, 6.07) is 0. The molecule has 0 amide bonds. The zero-order valence-electron chi connectivity index (χ0n) is 35.6. The SMILES string of the molecule is CCCCCC/C=C\C/C=C\CCCCCCCCCC(=O)OC(CO)COP(=O)(O)OCC(CO)OC(=O)CCCCCCC/C=C\CCCCCCCC. The zero-order valence-corrected chi connectivity index (χ0v) is 36.5. The first kappa shape index (κ1) is 54.2. The van der Waals surface area contributed by atoms with Crippen LogP contribution in [0.15, 0.2) is 36.5 Å². The number of hydrogen-bond donors (Lipinski definition) is 3. The lowest BCUT2D eigenvalue weighted by atomic mass is 10.1. The third-order valence-corrected chi connectivity index (χ3v) is 10.5. The first-order valence-electron chi connectivity index (χ1n) is 22.4. The number of esters is 2. The maximum Gasteiger partial charge on any atom is 0.472 e. The predicted molar refractivity (Wildman–Crippen MR) is 228 cm³/mol. The summed E-state index contributed by atoms with van der Waals surface area (Å²) in [5, 5.41) is 19.2. The molecule has 0 aromatic carbocycles. The van der Waals surface area contributed by atoms with Crippen molar-refractivity contribution in [3.8, 4) is 0 Å². The molecule has 0 heterocycles. The lowest BCUT2D eigenvalue weighted by molar-refractivity contribution is -0.153. The van der Waals surface area contributed by atoms with Gasteiger partial charge in [-0.15, -0.1) is 0 Å². The number of aliphatic hydroxyl groups is 2. The fourth-order valence-corrected chi connectivity index (χ4v) is 6.86. The summed E-state index contributed by atoms with van der Waals surface area (Å²) in [6.07, 6.45) is 42.5. The Morgan fingerprint density at radius 3 is 1.14 bits per heavy atom. The molecule has 0 aliphatic heterocycles. The molecule has 0 spiro atoms. The van der Waals surface area contributed by atoms with Gasteiger partial charge >= 0.3 is 19.8 Å². The quantitative estimate of drug-likeness (QED) is 0.0235. The lowest BCUT2D eigenvalue weighted by Gasteiger charge is -2.20. The Balaban J connectivity index is 3.93. The summed E-state index contributed by atoms with van der Waals surface area (Å²) in [4.78, 5) is 34.5. The molecule has 0 aromatic heterocycles. The Kier molecular flexibility index (Phi) is 40.0. The van der Waals surface area contributed by atoms with Crippen molar-refractivity contribution in [1.29, 1.82) is 0 Å². The molecule has 0 radical (unpaired) electrons. The number of aliphatic hydroxyl groups excluding tert-OH is 2. The van der Waals surface area contributed by atoms with Gasteiger partial charge in [-0.1, -0.05) is 153 Å². The molecular weight excluding hydrogens is 731 g/mol. The molecule has 3 atom stereocenters. The van der Waals surface area contributed by atoms with Crippen molar-refractivity contribution in [1.82, 2.24) is 0 Å². The van der Waals surface area contributed by atoms with Gasteiger partial charge in [0.25, 0.3) is 0 Å². The van der Waals surface area contributed by atoms with Crippen LogP contribution in [-0.4, -0.2) is 65.7 Å². The van der Waals surface area contributed by atoms with Crippen molar-refractivity contribution in [2.24, 2.45) is 0 Å². The van der Waals surface area contributed by atoms with E-state index in [2.05, 4.69) is 50.3 Å². The highest BCUT2D eigenvalue weighted by Crippen LogP contribution is 2.43. The standard InChI is InChI=1S/C45H83O10P/c1-3-5-7-9-11-13-15-17-19-20-21-23-25-27-29-31-33-35-37-45(49)55-43(39-47)41-53-56(50,51)52-40-42(38-46)54-44(48)36-34-32-30-28-26-24-22-18-16-14-12-10-8-6-4-2/h13,15,18-20,22,42-43,46-47H,3-12,14,16-17,21,23-41H2,1-2H3,(H,50,51)/b15-13-,20-19-,22-18-. The Morgan fingerprint density at radius 1 is 0.482 bits per heavy atom. The van der Waals surface area contributed by atoms with Gasteiger partial charge in [-0.3, -0.25) is 18.6 Å². The number of ether oxygens (including phenoxy) is 2. The molecule has 0 saturated carbocycles. The lowest BCUT2D eigenvalue weighted by Crippen LogP contribution is -2.28. The van der Waals surface area contributed by atoms with Crippen LogP contribution in [0.3, 0.4) is 0 Å². The van der Waals surface area contributed by atoms with Crippen LogP contribution in [0.5, 0.6) is 0 Å². The zero-order chi connectivity index (χ0) is 41.2. The normalized spacial score (nSPS) is 14.2. The Morgan fingerprint density at radius 2 is 0.786 bits per heavy atom. The van der Waals surface area contributed by atoms with Gasteiger partial charge in [0.15, 0.2) is 0 Å². The van der Waals surface area contributed by atoms with Crippen molar-refractivity contribution in [2.75, 3.05) is 26.4 Å². The summed E-state index contributed by atoms with van der Waals surface area (Å²) in [7, 11) is -4.64. The van der Waals surface area contributed by atoms with Gasteiger partial charge in [-0.2, -0.15) is 0 Å². The Hall–Kier alpha value is -1.81. The average Bonchev–Trinajstić information content (AvgIpc) is 3.19. The van der Waals surface area contributed by atoms with Crippen molar-refractivity contribution in [3.63, 3.8) is 0 Å². The Labute approximate surface area is 341 Å². The number of unbranched alkanes of at least 4 members (excludes halogenated alkanes) is 22. The van der Waals surface area contributed by atoms with Crippen LogP contribution < -0.4 is 0 Å². The first-order chi connectivity index (χ1) is 27.3. The highest BCUT2D eigenvalue weighted by molar-refractivity contribution is 7.47. The molecule has 3 unspecified atom stereocenters. The molecule has 0 aliphatic carbocycles. The molecular formula is C45H83O10P. The molecule has 0 fully saturated rings. The number of carbonyl (C=O) groups excluding carboxylic acids is 2. The minimum atomic E-state index is -4.64. The van der Waals surface area contributed by atoms with Crippen molar-refractivity contribution < 1.29 is 47.8 Å². The van der Waals surface area contributed by atoms with Crippen LogP contribution in [0.1, 0.15) is 200 Å². The van der Waals surface area contributed by atoms with Crippen LogP contribution in [-0.2, 0) is 32.7 Å². The van der Waals surface area contributed by atoms with Crippen LogP contribution in [0, 0.1) is 0 Å². The molecule has 0 aliphatic rings. The molecule has 0 bridgehead atoms. The number of carbonyl (C=O) groups is 2. The largest absolute Gasteiger partial charge is 0.472 e. The number of phosphoric ester groups is 1. The van der Waals surface area contributed by atoms with Gasteiger partial charge in [0.05, 0.1) is 26.4 Å². The molecule has 0 rings (SSSR count). The maximum atomic E-state index is 12.4. The van der Waals surface area contributed by atoms with Crippen molar-refractivity contribution in [2.45, 2.75) is 212 Å². The summed E-state index contributed by atoms with van der Waals surface area (Å²) >= 11 is 0. The molecule has 56 heavy (non-hydrogen) atoms. The first-order valence-corrected chi connectivity index (χ1v) is 23.9. The number of phosphoric acid groups is 1. The predicted octanol–water partition coefficient (Wildman–Crippen LogP) is 11.9. The van der Waals surface area contributed by atoms with Crippen molar-refractivity contribution in [3.05, 3.63) is 36.5 Å². The highest BCUT2D eigenvalue weighted by atomic mass is 31.2. The highest BCUT2D eigenvalue weighted by Gasteiger charge is 2.27. The van der Waals surface area contributed by atoms with E-state index in [-0.39, 0.29) is 12.8 Å². The van der Waals surface area contributed by atoms with Gasteiger partial charge in [-0.25, -0.2) is 4.57 Å². The molecule has 3 N–H and O–H groups in total. The number of hydrogen-bond acceptors (Lipinski definition) is 9. The van der Waals surface area contributed by atoms with E-state index in [1.807, 2.05) is 0 Å². The second-order valence-corrected chi connectivity index (χ2v) is 16.5. The van der Waals surface area contributed by atoms with Crippen molar-refractivity contribution >= 4 is 19.8 Å². The third-order valence-electron chi connectivity index (χ3n) is 9.57. The van der Waals surface area contributed by atoms with E-state index in [1.54, 1.807) is 0 Å². The molecule has 0 aromatic rings. The van der Waals surface area contributed by atoms with Gasteiger partial charge in [0.1, 0.15) is 12.2 Å². The van der Waals surface area contributed by atoms with Crippen LogP contribution in [0.4, 0.5) is 0 Å². The van der Waals surface area contributed by atoms with E-state index in [4.69, 9.17) is 18.5 Å². The van der Waals surface area contributed by atoms with Gasteiger partial charge in [-0.05, 0) is 70.6 Å². The fraction of sp³-hybridized carbons (Fsp3) is 0.822. The van der Waals surface area contributed by atoms with E-state index in [0.29, 0.717) is 12.8 Å². The summed E-state index contributed by atoms with van der Waals surface area (Å²) in [5.74, 6) is -1.03. The fourth-order valence-electron chi connectivity index (χ4n) is 6.08. The second-order valence-electron chi connectivity index (χ2n) is 15.0. The molecule has 10 nitrogen and oxygen atoms in total. The summed E-state index contributed by atoms with van der Waals surface area (Å²) in [5.41, 5.74) is 0. The second kappa shape index (κ2) is 41.4. The van der Waals surface area contributed by atoms with E-state index < -0.39 is 58.4 Å². The molecule has 11 heteroatoms. The minimum Gasteiger partial charge on any atom is -0.457 e. The van der Waals surface area contributed by atoms with Gasteiger partial charge < -0.3 is 24.6 Å². The van der Waals surface area contributed by atoms with E-state index >= 15 is 0 Å². The number of rotatable bonds is 42.